The van der Waals surface area contributed by atoms with Crippen molar-refractivity contribution in [2.24, 2.45) is 17.6 Å². The molecule has 0 aromatic heterocycles. The number of carbonyl (C=O) groups excluding carboxylic acids is 1. The molecule has 2 N–H and O–H groups in total. The Labute approximate surface area is 146 Å². The third-order valence-corrected chi connectivity index (χ3v) is 5.90. The van der Waals surface area contributed by atoms with Crippen LogP contribution in [0.4, 0.5) is 0 Å². The van der Waals surface area contributed by atoms with Crippen LogP contribution in [0, 0.1) is 11.8 Å². The molecule has 4 nitrogen and oxygen atoms in total. The Balaban J connectivity index is 1.46. The molecule has 3 rings (SSSR count). The molecule has 4 heteroatoms. The van der Waals surface area contributed by atoms with Crippen molar-refractivity contribution in [3.8, 4) is 0 Å². The van der Waals surface area contributed by atoms with E-state index in [-0.39, 0.29) is 5.91 Å². The van der Waals surface area contributed by atoms with Gasteiger partial charge in [-0.05, 0) is 69.6 Å². The van der Waals surface area contributed by atoms with Crippen LogP contribution in [0.1, 0.15) is 31.2 Å². The Bertz CT molecular complexity index is 517. The second-order valence-electron chi connectivity index (χ2n) is 7.60. The lowest BCUT2D eigenvalue weighted by molar-refractivity contribution is -0.134. The molecule has 0 spiro atoms. The predicted octanol–water partition coefficient (Wildman–Crippen LogP) is 2.14. The molecule has 1 aromatic rings. The minimum atomic E-state index is -0.410. The van der Waals surface area contributed by atoms with E-state index < -0.39 is 6.04 Å². The highest BCUT2D eigenvalue weighted by atomic mass is 16.2. The van der Waals surface area contributed by atoms with Gasteiger partial charge in [-0.15, -0.1) is 0 Å². The molecule has 1 amide bonds. The number of benzene rings is 1. The second-order valence-corrected chi connectivity index (χ2v) is 7.60. The van der Waals surface area contributed by atoms with Crippen LogP contribution in [0.15, 0.2) is 30.3 Å². The van der Waals surface area contributed by atoms with Crippen LogP contribution in [0.3, 0.4) is 0 Å². The number of nitrogens with zero attached hydrogens (tertiary/aromatic N) is 2. The Kier molecular flexibility index (Phi) is 5.90. The summed E-state index contributed by atoms with van der Waals surface area (Å²) in [6, 6.07) is 9.66. The average molecular weight is 329 g/mol. The molecule has 1 aromatic carbocycles. The first-order valence-corrected chi connectivity index (χ1v) is 9.40. The van der Waals surface area contributed by atoms with Crippen molar-refractivity contribution in [1.82, 2.24) is 9.80 Å². The van der Waals surface area contributed by atoms with E-state index >= 15 is 0 Å². The zero-order chi connectivity index (χ0) is 16.9. The summed E-state index contributed by atoms with van der Waals surface area (Å²) in [6.45, 7) is 4.23. The zero-order valence-electron chi connectivity index (χ0n) is 14.9. The molecule has 0 saturated carbocycles. The van der Waals surface area contributed by atoms with Crippen molar-refractivity contribution in [3.63, 3.8) is 0 Å². The van der Waals surface area contributed by atoms with Crippen LogP contribution < -0.4 is 5.73 Å². The van der Waals surface area contributed by atoms with E-state index in [0.717, 1.165) is 43.3 Å². The monoisotopic (exact) mass is 329 g/mol. The average Bonchev–Trinajstić information content (AvgIpc) is 2.63. The van der Waals surface area contributed by atoms with E-state index in [1.54, 1.807) is 0 Å². The Morgan fingerprint density at radius 2 is 1.58 bits per heavy atom. The van der Waals surface area contributed by atoms with E-state index in [4.69, 9.17) is 5.73 Å². The van der Waals surface area contributed by atoms with Gasteiger partial charge < -0.3 is 15.5 Å². The number of hydrogen-bond acceptors (Lipinski definition) is 3. The van der Waals surface area contributed by atoms with Crippen molar-refractivity contribution in [1.29, 1.82) is 0 Å². The number of hydrogen-bond donors (Lipinski definition) is 1. The minimum absolute atomic E-state index is 0.126. The van der Waals surface area contributed by atoms with E-state index in [1.807, 2.05) is 35.2 Å². The first-order valence-electron chi connectivity index (χ1n) is 9.40. The van der Waals surface area contributed by atoms with Crippen molar-refractivity contribution < 1.29 is 4.79 Å². The maximum Gasteiger partial charge on any atom is 0.239 e. The van der Waals surface area contributed by atoms with Gasteiger partial charge in [-0.3, -0.25) is 4.79 Å². The summed E-state index contributed by atoms with van der Waals surface area (Å²) in [5.41, 5.74) is 7.31. The molecular weight excluding hydrogens is 298 g/mol. The van der Waals surface area contributed by atoms with Crippen LogP contribution in [0.25, 0.3) is 0 Å². The summed E-state index contributed by atoms with van der Waals surface area (Å²) >= 11 is 0. The molecule has 2 saturated heterocycles. The van der Waals surface area contributed by atoms with Crippen LogP contribution in [-0.2, 0) is 11.2 Å². The smallest absolute Gasteiger partial charge is 0.239 e. The van der Waals surface area contributed by atoms with Gasteiger partial charge in [0.05, 0.1) is 6.04 Å². The minimum Gasteiger partial charge on any atom is -0.341 e. The molecule has 0 unspecified atom stereocenters. The molecule has 2 aliphatic rings. The van der Waals surface area contributed by atoms with Crippen LogP contribution in [-0.4, -0.2) is 55.0 Å². The van der Waals surface area contributed by atoms with Crippen molar-refractivity contribution in [3.05, 3.63) is 35.9 Å². The number of nitrogens with two attached hydrogens (primary N) is 1. The lowest BCUT2D eigenvalue weighted by atomic mass is 9.79. The van der Waals surface area contributed by atoms with Crippen LogP contribution in [0.5, 0.6) is 0 Å². The number of amides is 1. The topological polar surface area (TPSA) is 49.6 Å². The fourth-order valence-electron chi connectivity index (χ4n) is 4.28. The maximum atomic E-state index is 12.6. The quantitative estimate of drug-likeness (QED) is 0.921. The molecule has 0 radical (unpaired) electrons. The lowest BCUT2D eigenvalue weighted by Gasteiger charge is -2.40. The van der Waals surface area contributed by atoms with Gasteiger partial charge in [0, 0.05) is 13.1 Å². The molecule has 0 bridgehead atoms. The normalized spacial score (nSPS) is 22.5. The van der Waals surface area contributed by atoms with Gasteiger partial charge in [-0.2, -0.15) is 0 Å². The largest absolute Gasteiger partial charge is 0.341 e. The number of rotatable bonds is 4. The van der Waals surface area contributed by atoms with Gasteiger partial charge in [0.15, 0.2) is 0 Å². The predicted molar refractivity (Wildman–Crippen MR) is 97.6 cm³/mol. The fraction of sp³-hybridized carbons (Fsp3) is 0.650. The summed E-state index contributed by atoms with van der Waals surface area (Å²) < 4.78 is 0. The van der Waals surface area contributed by atoms with Crippen molar-refractivity contribution >= 4 is 5.91 Å². The summed E-state index contributed by atoms with van der Waals surface area (Å²) in [5, 5.41) is 0. The van der Waals surface area contributed by atoms with Gasteiger partial charge in [0.2, 0.25) is 5.91 Å². The van der Waals surface area contributed by atoms with Gasteiger partial charge in [-0.25, -0.2) is 0 Å². The molecule has 1 atom stereocenters. The van der Waals surface area contributed by atoms with Crippen LogP contribution in [0.2, 0.25) is 0 Å². The highest BCUT2D eigenvalue weighted by molar-refractivity contribution is 5.82. The Morgan fingerprint density at radius 1 is 1.04 bits per heavy atom. The lowest BCUT2D eigenvalue weighted by Crippen LogP contribution is -2.49. The summed E-state index contributed by atoms with van der Waals surface area (Å²) in [6.07, 6.45) is 5.58. The summed E-state index contributed by atoms with van der Waals surface area (Å²) in [5.74, 6) is 1.78. The molecule has 132 valence electrons. The first kappa shape index (κ1) is 17.4. The van der Waals surface area contributed by atoms with E-state index in [0.29, 0.717) is 6.42 Å². The van der Waals surface area contributed by atoms with Crippen molar-refractivity contribution in [2.45, 2.75) is 38.1 Å². The van der Waals surface area contributed by atoms with Gasteiger partial charge in [0.1, 0.15) is 0 Å². The van der Waals surface area contributed by atoms with E-state index in [9.17, 15) is 4.79 Å². The van der Waals surface area contributed by atoms with E-state index in [1.165, 1.54) is 25.9 Å². The third-order valence-electron chi connectivity index (χ3n) is 5.90. The third kappa shape index (κ3) is 4.37. The summed E-state index contributed by atoms with van der Waals surface area (Å²) in [7, 11) is 2.21. The first-order chi connectivity index (χ1) is 11.6. The Morgan fingerprint density at radius 3 is 2.17 bits per heavy atom. The fourth-order valence-corrected chi connectivity index (χ4v) is 4.28. The molecule has 2 aliphatic heterocycles. The standard InChI is InChI=1S/C20H31N3O/c1-22-11-7-17(8-12-22)18-9-13-23(14-10-18)20(24)19(21)15-16-5-3-2-4-6-16/h2-6,17-19H,7-15,21H2,1H3/t19-/m1/s1. The maximum absolute atomic E-state index is 12.6. The molecule has 24 heavy (non-hydrogen) atoms. The van der Waals surface area contributed by atoms with Crippen LogP contribution >= 0.6 is 0 Å². The highest BCUT2D eigenvalue weighted by Gasteiger charge is 2.31. The van der Waals surface area contributed by atoms with Crippen molar-refractivity contribution in [2.75, 3.05) is 33.2 Å². The SMILES string of the molecule is CN1CCC(C2CCN(C(=O)[C@H](N)Cc3ccccc3)CC2)CC1. The molecule has 0 aliphatic carbocycles. The highest BCUT2D eigenvalue weighted by Crippen LogP contribution is 2.32. The van der Waals surface area contributed by atoms with Gasteiger partial charge in [-0.1, -0.05) is 30.3 Å². The van der Waals surface area contributed by atoms with Gasteiger partial charge >= 0.3 is 0 Å². The number of carbonyl (C=O) groups is 1. The second kappa shape index (κ2) is 8.13. The molecule has 2 fully saturated rings. The Hall–Kier alpha value is -1.39. The number of likely N-dealkylation sites (tertiary alicyclic amines) is 2. The molecule has 2 heterocycles. The van der Waals surface area contributed by atoms with E-state index in [2.05, 4.69) is 11.9 Å². The molecular formula is C20H31N3O. The zero-order valence-corrected chi connectivity index (χ0v) is 14.9. The number of piperidine rings is 2. The van der Waals surface area contributed by atoms with Gasteiger partial charge in [0.25, 0.3) is 0 Å². The summed E-state index contributed by atoms with van der Waals surface area (Å²) in [4.78, 5) is 17.1.